The van der Waals surface area contributed by atoms with E-state index in [1.807, 2.05) is 6.92 Å². The summed E-state index contributed by atoms with van der Waals surface area (Å²) in [5.41, 5.74) is 2.66. The van der Waals surface area contributed by atoms with Gasteiger partial charge in [0, 0.05) is 13.1 Å². The molecule has 2 heterocycles. The van der Waals surface area contributed by atoms with Crippen LogP contribution >= 0.6 is 0 Å². The second-order valence-electron chi connectivity index (χ2n) is 5.85. The van der Waals surface area contributed by atoms with Gasteiger partial charge in [-0.15, -0.1) is 0 Å². The Kier molecular flexibility index (Phi) is 3.91. The van der Waals surface area contributed by atoms with E-state index in [-0.39, 0.29) is 23.7 Å². The van der Waals surface area contributed by atoms with Crippen molar-refractivity contribution in [2.24, 2.45) is 0 Å². The summed E-state index contributed by atoms with van der Waals surface area (Å²) in [6.07, 6.45) is 2.34. The van der Waals surface area contributed by atoms with E-state index in [4.69, 9.17) is 9.94 Å². The lowest BCUT2D eigenvalue weighted by molar-refractivity contribution is -0.135. The zero-order valence-corrected chi connectivity index (χ0v) is 13.5. The van der Waals surface area contributed by atoms with Crippen molar-refractivity contribution < 1.29 is 23.2 Å². The number of aryl methyl sites for hydroxylation is 1. The lowest BCUT2D eigenvalue weighted by Gasteiger charge is -2.35. The topological polar surface area (TPSA) is 95.9 Å². The predicted molar refractivity (Wildman–Crippen MR) is 81.8 cm³/mol. The van der Waals surface area contributed by atoms with Gasteiger partial charge in [-0.1, -0.05) is 17.7 Å². The molecule has 1 saturated heterocycles. The molecule has 8 heteroatoms. The number of benzene rings is 1. The highest BCUT2D eigenvalue weighted by Crippen LogP contribution is 2.33. The van der Waals surface area contributed by atoms with Gasteiger partial charge in [0.15, 0.2) is 0 Å². The number of nitrogens with one attached hydrogen (secondary N) is 1. The SMILES string of the molecule is Cc1ccc(S(=O)(=O)N2CCC3(C=C(C(=O)O)NO3)CC2)cc1. The van der Waals surface area contributed by atoms with E-state index < -0.39 is 21.6 Å². The Morgan fingerprint density at radius 3 is 2.39 bits per heavy atom. The minimum Gasteiger partial charge on any atom is -0.477 e. The smallest absolute Gasteiger partial charge is 0.354 e. The van der Waals surface area contributed by atoms with Gasteiger partial charge in [-0.05, 0) is 38.0 Å². The molecular formula is C15H18N2O5S. The Morgan fingerprint density at radius 2 is 1.87 bits per heavy atom. The summed E-state index contributed by atoms with van der Waals surface area (Å²) in [6, 6.07) is 6.74. The number of hydroxylamine groups is 1. The normalized spacial score (nSPS) is 21.0. The molecule has 0 bridgehead atoms. The van der Waals surface area contributed by atoms with Gasteiger partial charge in [0.1, 0.15) is 11.3 Å². The van der Waals surface area contributed by atoms with Crippen molar-refractivity contribution in [3.8, 4) is 0 Å². The summed E-state index contributed by atoms with van der Waals surface area (Å²) in [5.74, 6) is -1.09. The molecule has 2 N–H and O–H groups in total. The molecule has 0 radical (unpaired) electrons. The predicted octanol–water partition coefficient (Wildman–Crippen LogP) is 1.02. The monoisotopic (exact) mass is 338 g/mol. The van der Waals surface area contributed by atoms with Crippen LogP contribution in [0.3, 0.4) is 0 Å². The minimum absolute atomic E-state index is 0.000147. The lowest BCUT2D eigenvalue weighted by Crippen LogP contribution is -2.46. The van der Waals surface area contributed by atoms with E-state index in [2.05, 4.69) is 5.48 Å². The Balaban J connectivity index is 1.74. The van der Waals surface area contributed by atoms with E-state index in [0.717, 1.165) is 5.56 Å². The Bertz CT molecular complexity index is 747. The molecule has 1 spiro atoms. The zero-order valence-electron chi connectivity index (χ0n) is 12.7. The van der Waals surface area contributed by atoms with E-state index in [1.54, 1.807) is 24.3 Å². The number of piperidine rings is 1. The summed E-state index contributed by atoms with van der Waals surface area (Å²) >= 11 is 0. The van der Waals surface area contributed by atoms with Crippen LogP contribution in [0.5, 0.6) is 0 Å². The molecule has 124 valence electrons. The molecule has 2 aliphatic rings. The maximum atomic E-state index is 12.6. The highest BCUT2D eigenvalue weighted by atomic mass is 32.2. The molecule has 7 nitrogen and oxygen atoms in total. The standard InChI is InChI=1S/C15H18N2O5S/c1-11-2-4-12(5-3-11)23(20,21)17-8-6-15(7-9-17)10-13(14(18)19)16-22-15/h2-5,10,16H,6-9H2,1H3,(H,18,19). The number of carbonyl (C=O) groups is 1. The fourth-order valence-corrected chi connectivity index (χ4v) is 4.24. The largest absolute Gasteiger partial charge is 0.477 e. The first-order valence-corrected chi connectivity index (χ1v) is 8.73. The Morgan fingerprint density at radius 1 is 1.26 bits per heavy atom. The molecule has 3 rings (SSSR count). The average Bonchev–Trinajstić information content (AvgIpc) is 2.92. The van der Waals surface area contributed by atoms with Crippen molar-refractivity contribution in [2.75, 3.05) is 13.1 Å². The number of hydrogen-bond acceptors (Lipinski definition) is 5. The van der Waals surface area contributed by atoms with Crippen molar-refractivity contribution >= 4 is 16.0 Å². The van der Waals surface area contributed by atoms with Crippen molar-refractivity contribution in [2.45, 2.75) is 30.3 Å². The molecule has 0 atom stereocenters. The van der Waals surface area contributed by atoms with Crippen LogP contribution in [0.2, 0.25) is 0 Å². The maximum Gasteiger partial charge on any atom is 0.354 e. The van der Waals surface area contributed by atoms with E-state index in [1.165, 1.54) is 10.4 Å². The van der Waals surface area contributed by atoms with Gasteiger partial charge in [0.05, 0.1) is 4.90 Å². The number of hydrogen-bond donors (Lipinski definition) is 2. The van der Waals surface area contributed by atoms with Gasteiger partial charge < -0.3 is 5.11 Å². The molecule has 0 aliphatic carbocycles. The second-order valence-corrected chi connectivity index (χ2v) is 7.79. The Labute approximate surface area is 134 Å². The number of carboxylic acids is 1. The van der Waals surface area contributed by atoms with Crippen molar-refractivity contribution in [1.82, 2.24) is 9.79 Å². The molecule has 0 saturated carbocycles. The van der Waals surface area contributed by atoms with Crippen LogP contribution < -0.4 is 5.48 Å². The van der Waals surface area contributed by atoms with Gasteiger partial charge in [0.25, 0.3) is 0 Å². The zero-order chi connectivity index (χ0) is 16.7. The highest BCUT2D eigenvalue weighted by Gasteiger charge is 2.42. The van der Waals surface area contributed by atoms with Crippen LogP contribution in [0.25, 0.3) is 0 Å². The third-order valence-electron chi connectivity index (χ3n) is 4.23. The fraction of sp³-hybridized carbons (Fsp3) is 0.400. The lowest BCUT2D eigenvalue weighted by atomic mass is 9.92. The van der Waals surface area contributed by atoms with Gasteiger partial charge in [-0.2, -0.15) is 4.31 Å². The molecule has 0 unspecified atom stereocenters. The van der Waals surface area contributed by atoms with Gasteiger partial charge >= 0.3 is 5.97 Å². The summed E-state index contributed by atoms with van der Waals surface area (Å²) in [5, 5.41) is 8.96. The molecule has 1 fully saturated rings. The van der Waals surface area contributed by atoms with Crippen LogP contribution in [0.15, 0.2) is 40.9 Å². The summed E-state index contributed by atoms with van der Waals surface area (Å²) < 4.78 is 26.7. The Hall–Kier alpha value is -1.90. The minimum atomic E-state index is -3.53. The van der Waals surface area contributed by atoms with E-state index in [9.17, 15) is 13.2 Å². The maximum absolute atomic E-state index is 12.6. The molecule has 23 heavy (non-hydrogen) atoms. The number of carboxylic acid groups (broad SMARTS) is 1. The average molecular weight is 338 g/mol. The van der Waals surface area contributed by atoms with E-state index >= 15 is 0 Å². The van der Waals surface area contributed by atoms with Crippen molar-refractivity contribution in [3.63, 3.8) is 0 Å². The highest BCUT2D eigenvalue weighted by molar-refractivity contribution is 7.89. The van der Waals surface area contributed by atoms with Gasteiger partial charge in [0.2, 0.25) is 10.0 Å². The molecule has 1 aromatic carbocycles. The second kappa shape index (κ2) is 5.63. The van der Waals surface area contributed by atoms with Crippen molar-refractivity contribution in [3.05, 3.63) is 41.6 Å². The van der Waals surface area contributed by atoms with Crippen LogP contribution in [-0.2, 0) is 19.7 Å². The molecular weight excluding hydrogens is 320 g/mol. The molecule has 0 aromatic heterocycles. The van der Waals surface area contributed by atoms with Crippen LogP contribution in [0.4, 0.5) is 0 Å². The first kappa shape index (κ1) is 16.0. The van der Waals surface area contributed by atoms with E-state index in [0.29, 0.717) is 12.8 Å². The molecule has 2 aliphatic heterocycles. The first-order chi connectivity index (χ1) is 10.8. The molecule has 1 aromatic rings. The number of rotatable bonds is 3. The third-order valence-corrected chi connectivity index (χ3v) is 6.14. The number of nitrogens with zero attached hydrogens (tertiary/aromatic N) is 1. The van der Waals surface area contributed by atoms with Crippen molar-refractivity contribution in [1.29, 1.82) is 0 Å². The van der Waals surface area contributed by atoms with Gasteiger partial charge in [-0.25, -0.2) is 13.2 Å². The van der Waals surface area contributed by atoms with Crippen LogP contribution in [0.1, 0.15) is 18.4 Å². The number of sulfonamides is 1. The summed E-state index contributed by atoms with van der Waals surface area (Å²) in [4.78, 5) is 16.6. The summed E-state index contributed by atoms with van der Waals surface area (Å²) in [7, 11) is -3.53. The first-order valence-electron chi connectivity index (χ1n) is 7.29. The third kappa shape index (κ3) is 2.97. The van der Waals surface area contributed by atoms with Crippen LogP contribution in [-0.4, -0.2) is 42.5 Å². The summed E-state index contributed by atoms with van der Waals surface area (Å²) in [6.45, 7) is 2.46. The quantitative estimate of drug-likeness (QED) is 0.854. The van der Waals surface area contributed by atoms with Crippen LogP contribution in [0, 0.1) is 6.92 Å². The molecule has 0 amide bonds. The number of aliphatic carboxylic acids is 1. The van der Waals surface area contributed by atoms with Gasteiger partial charge in [-0.3, -0.25) is 10.3 Å². The fourth-order valence-electron chi connectivity index (χ4n) is 2.79.